The van der Waals surface area contributed by atoms with E-state index in [2.05, 4.69) is 24.1 Å². The van der Waals surface area contributed by atoms with Crippen molar-refractivity contribution >= 4 is 0 Å². The molecule has 1 fully saturated rings. The van der Waals surface area contributed by atoms with Gasteiger partial charge >= 0.3 is 0 Å². The third-order valence-corrected chi connectivity index (χ3v) is 3.83. The summed E-state index contributed by atoms with van der Waals surface area (Å²) < 4.78 is 19.3. The predicted octanol–water partition coefficient (Wildman–Crippen LogP) is 4.21. The fourth-order valence-electron chi connectivity index (χ4n) is 2.35. The smallest absolute Gasteiger partial charge is 0.218 e. The van der Waals surface area contributed by atoms with E-state index in [1.165, 1.54) is 50.8 Å². The molecule has 0 bridgehead atoms. The highest BCUT2D eigenvalue weighted by molar-refractivity contribution is 5.26. The van der Waals surface area contributed by atoms with Crippen LogP contribution in [0.2, 0.25) is 0 Å². The molecule has 21 heavy (non-hydrogen) atoms. The predicted molar refractivity (Wildman–Crippen MR) is 82.9 cm³/mol. The molecule has 1 N–H and O–H groups in total. The maximum atomic E-state index is 13.4. The third-order valence-electron chi connectivity index (χ3n) is 3.83. The van der Waals surface area contributed by atoms with E-state index in [4.69, 9.17) is 4.74 Å². The molecule has 3 nitrogen and oxygen atoms in total. The highest BCUT2D eigenvalue weighted by atomic mass is 19.1. The second-order valence-electron chi connectivity index (χ2n) is 6.05. The molecule has 4 heteroatoms. The van der Waals surface area contributed by atoms with Crippen molar-refractivity contribution < 1.29 is 9.13 Å². The fraction of sp³-hybridized carbons (Fsp3) is 0.706. The maximum absolute atomic E-state index is 13.4. The Morgan fingerprint density at radius 2 is 2.19 bits per heavy atom. The van der Waals surface area contributed by atoms with Gasteiger partial charge in [-0.15, -0.1) is 0 Å². The Kier molecular flexibility index (Phi) is 6.43. The summed E-state index contributed by atoms with van der Waals surface area (Å²) in [5, 5.41) is 3.39. The molecular formula is C17H27FN2O. The summed E-state index contributed by atoms with van der Waals surface area (Å²) in [6, 6.07) is 2.12. The summed E-state index contributed by atoms with van der Waals surface area (Å²) in [7, 11) is 0. The first-order valence-electron chi connectivity index (χ1n) is 8.23. The first-order valence-corrected chi connectivity index (χ1v) is 8.23. The van der Waals surface area contributed by atoms with Crippen LogP contribution in [0, 0.1) is 5.82 Å². The molecule has 1 heterocycles. The SMILES string of the molecule is CCCCCCC(C)Oc1ncc(F)cc1CNC1CC1. The van der Waals surface area contributed by atoms with Crippen molar-refractivity contribution in [3.63, 3.8) is 0 Å². The molecule has 0 spiro atoms. The maximum Gasteiger partial charge on any atom is 0.218 e. The van der Waals surface area contributed by atoms with Crippen molar-refractivity contribution in [2.45, 2.75) is 77.5 Å². The molecule has 1 aromatic rings. The van der Waals surface area contributed by atoms with Gasteiger partial charge in [0.15, 0.2) is 0 Å². The average molecular weight is 294 g/mol. The van der Waals surface area contributed by atoms with Gasteiger partial charge < -0.3 is 10.1 Å². The lowest BCUT2D eigenvalue weighted by Gasteiger charge is -2.16. The normalized spacial score (nSPS) is 16.0. The lowest BCUT2D eigenvalue weighted by Crippen LogP contribution is -2.19. The van der Waals surface area contributed by atoms with Gasteiger partial charge in [0.2, 0.25) is 5.88 Å². The van der Waals surface area contributed by atoms with Crippen molar-refractivity contribution in [2.75, 3.05) is 0 Å². The van der Waals surface area contributed by atoms with Crippen molar-refractivity contribution in [2.24, 2.45) is 0 Å². The van der Waals surface area contributed by atoms with Crippen LogP contribution >= 0.6 is 0 Å². The topological polar surface area (TPSA) is 34.1 Å². The van der Waals surface area contributed by atoms with Gasteiger partial charge in [0.05, 0.1) is 12.3 Å². The zero-order chi connectivity index (χ0) is 15.1. The number of rotatable bonds is 10. The van der Waals surface area contributed by atoms with Crippen molar-refractivity contribution in [3.05, 3.63) is 23.6 Å². The summed E-state index contributed by atoms with van der Waals surface area (Å²) >= 11 is 0. The summed E-state index contributed by atoms with van der Waals surface area (Å²) in [4.78, 5) is 4.12. The van der Waals surface area contributed by atoms with Gasteiger partial charge in [0.25, 0.3) is 0 Å². The molecule has 0 amide bonds. The van der Waals surface area contributed by atoms with Gasteiger partial charge in [-0.1, -0.05) is 26.2 Å². The minimum atomic E-state index is -0.300. The highest BCUT2D eigenvalue weighted by Crippen LogP contribution is 2.23. The van der Waals surface area contributed by atoms with E-state index < -0.39 is 0 Å². The van der Waals surface area contributed by atoms with E-state index in [9.17, 15) is 4.39 Å². The standard InChI is InChI=1S/C17H27FN2O/c1-3-4-5-6-7-13(2)21-17-14(10-15(18)12-20-17)11-19-16-8-9-16/h10,12-13,16,19H,3-9,11H2,1-2H3. The van der Waals surface area contributed by atoms with E-state index >= 15 is 0 Å². The Morgan fingerprint density at radius 3 is 2.90 bits per heavy atom. The van der Waals surface area contributed by atoms with Crippen LogP contribution in [0.3, 0.4) is 0 Å². The van der Waals surface area contributed by atoms with Gasteiger partial charge in [0, 0.05) is 18.2 Å². The van der Waals surface area contributed by atoms with Crippen molar-refractivity contribution in [1.82, 2.24) is 10.3 Å². The number of halogens is 1. The lowest BCUT2D eigenvalue weighted by molar-refractivity contribution is 0.195. The van der Waals surface area contributed by atoms with Crippen molar-refractivity contribution in [3.8, 4) is 5.88 Å². The molecule has 1 saturated carbocycles. The molecule has 1 aliphatic carbocycles. The fourth-order valence-corrected chi connectivity index (χ4v) is 2.35. The minimum absolute atomic E-state index is 0.125. The minimum Gasteiger partial charge on any atom is -0.474 e. The third kappa shape index (κ3) is 6.00. The summed E-state index contributed by atoms with van der Waals surface area (Å²) in [6.45, 7) is 4.91. The molecule has 2 rings (SSSR count). The van der Waals surface area contributed by atoms with Crippen LogP contribution in [0.5, 0.6) is 5.88 Å². The lowest BCUT2D eigenvalue weighted by atomic mass is 10.1. The largest absolute Gasteiger partial charge is 0.474 e. The first-order chi connectivity index (χ1) is 10.2. The number of nitrogens with zero attached hydrogens (tertiary/aromatic N) is 1. The number of unbranched alkanes of at least 4 members (excludes halogenated alkanes) is 3. The van der Waals surface area contributed by atoms with Crippen LogP contribution in [-0.4, -0.2) is 17.1 Å². The Bertz CT molecular complexity index is 435. The number of nitrogens with one attached hydrogen (secondary N) is 1. The van der Waals surface area contributed by atoms with Gasteiger partial charge in [0.1, 0.15) is 5.82 Å². The van der Waals surface area contributed by atoms with Gasteiger partial charge in [-0.25, -0.2) is 9.37 Å². The molecule has 0 saturated heterocycles. The van der Waals surface area contributed by atoms with E-state index in [1.807, 2.05) is 0 Å². The molecule has 0 aromatic carbocycles. The molecule has 118 valence electrons. The Balaban J connectivity index is 1.84. The molecule has 1 aromatic heterocycles. The molecule has 1 atom stereocenters. The molecule has 1 unspecified atom stereocenters. The number of hydrogen-bond acceptors (Lipinski definition) is 3. The van der Waals surface area contributed by atoms with Crippen LogP contribution in [0.15, 0.2) is 12.3 Å². The quantitative estimate of drug-likeness (QED) is 0.656. The average Bonchev–Trinajstić information content (AvgIpc) is 3.28. The summed E-state index contributed by atoms with van der Waals surface area (Å²) in [5.74, 6) is 0.276. The summed E-state index contributed by atoms with van der Waals surface area (Å²) in [5.41, 5.74) is 0.822. The summed E-state index contributed by atoms with van der Waals surface area (Å²) in [6.07, 6.45) is 9.75. The monoisotopic (exact) mass is 294 g/mol. The van der Waals surface area contributed by atoms with E-state index in [0.717, 1.165) is 12.0 Å². The van der Waals surface area contributed by atoms with E-state index in [-0.39, 0.29) is 11.9 Å². The molecule has 1 aliphatic rings. The zero-order valence-electron chi connectivity index (χ0n) is 13.2. The van der Waals surface area contributed by atoms with E-state index in [1.54, 1.807) is 0 Å². The van der Waals surface area contributed by atoms with Gasteiger partial charge in [-0.2, -0.15) is 0 Å². The molecular weight excluding hydrogens is 267 g/mol. The second-order valence-corrected chi connectivity index (χ2v) is 6.05. The van der Waals surface area contributed by atoms with Crippen LogP contribution in [0.1, 0.15) is 64.4 Å². The number of aromatic nitrogens is 1. The van der Waals surface area contributed by atoms with Crippen LogP contribution in [-0.2, 0) is 6.54 Å². The number of hydrogen-bond donors (Lipinski definition) is 1. The van der Waals surface area contributed by atoms with Gasteiger partial charge in [-0.3, -0.25) is 0 Å². The Morgan fingerprint density at radius 1 is 1.38 bits per heavy atom. The van der Waals surface area contributed by atoms with Crippen molar-refractivity contribution in [1.29, 1.82) is 0 Å². The van der Waals surface area contributed by atoms with Gasteiger partial charge in [-0.05, 0) is 38.7 Å². The molecule has 0 radical (unpaired) electrons. The number of ether oxygens (including phenoxy) is 1. The first kappa shape index (κ1) is 16.2. The highest BCUT2D eigenvalue weighted by Gasteiger charge is 2.21. The van der Waals surface area contributed by atoms with Crippen LogP contribution in [0.25, 0.3) is 0 Å². The Hall–Kier alpha value is -1.16. The second kappa shape index (κ2) is 8.32. The van der Waals surface area contributed by atoms with Crippen LogP contribution in [0.4, 0.5) is 4.39 Å². The van der Waals surface area contributed by atoms with E-state index in [0.29, 0.717) is 18.5 Å². The zero-order valence-corrected chi connectivity index (χ0v) is 13.2. The van der Waals surface area contributed by atoms with Crippen LogP contribution < -0.4 is 10.1 Å². The number of pyridine rings is 1. The molecule has 0 aliphatic heterocycles. The Labute approximate surface area is 127 Å².